The van der Waals surface area contributed by atoms with E-state index in [9.17, 15) is 13.6 Å². The van der Waals surface area contributed by atoms with Gasteiger partial charge in [0.05, 0.1) is 6.20 Å². The zero-order valence-electron chi connectivity index (χ0n) is 8.80. The van der Waals surface area contributed by atoms with Crippen LogP contribution in [0.15, 0.2) is 30.5 Å². The van der Waals surface area contributed by atoms with Crippen molar-refractivity contribution in [3.8, 4) is 11.6 Å². The van der Waals surface area contributed by atoms with Crippen molar-refractivity contribution >= 4 is 5.97 Å². The standard InChI is InChI=1S/C11H6F2N2O3/c12-8-2-1-6(5-9(8)13)18-10-7(11(16)17)3-4-14-15-10/h1-5H,(H,16,17). The van der Waals surface area contributed by atoms with Crippen LogP contribution in [-0.4, -0.2) is 21.3 Å². The zero-order chi connectivity index (χ0) is 13.1. The number of ether oxygens (including phenoxy) is 1. The Balaban J connectivity index is 2.34. The molecule has 2 aromatic rings. The summed E-state index contributed by atoms with van der Waals surface area (Å²) in [7, 11) is 0. The number of aromatic nitrogens is 2. The van der Waals surface area contributed by atoms with Crippen LogP contribution in [0.25, 0.3) is 0 Å². The van der Waals surface area contributed by atoms with Crippen LogP contribution in [0.3, 0.4) is 0 Å². The topological polar surface area (TPSA) is 72.3 Å². The Morgan fingerprint density at radius 3 is 2.67 bits per heavy atom. The molecule has 5 nitrogen and oxygen atoms in total. The molecule has 0 radical (unpaired) electrons. The first kappa shape index (κ1) is 11.9. The molecule has 0 aliphatic heterocycles. The predicted octanol–water partition coefficient (Wildman–Crippen LogP) is 2.25. The summed E-state index contributed by atoms with van der Waals surface area (Å²) >= 11 is 0. The maximum absolute atomic E-state index is 12.9. The maximum Gasteiger partial charge on any atom is 0.341 e. The number of nitrogens with zero attached hydrogens (tertiary/aromatic N) is 2. The Labute approximate surface area is 99.7 Å². The highest BCUT2D eigenvalue weighted by Crippen LogP contribution is 2.23. The molecule has 7 heteroatoms. The third-order valence-electron chi connectivity index (χ3n) is 2.02. The number of carboxylic acid groups (broad SMARTS) is 1. The maximum atomic E-state index is 12.9. The van der Waals surface area contributed by atoms with Gasteiger partial charge in [0.1, 0.15) is 11.3 Å². The van der Waals surface area contributed by atoms with Crippen LogP contribution in [0, 0.1) is 11.6 Å². The lowest BCUT2D eigenvalue weighted by molar-refractivity contribution is 0.0693. The Hall–Kier alpha value is -2.57. The monoisotopic (exact) mass is 252 g/mol. The van der Waals surface area contributed by atoms with Crippen molar-refractivity contribution in [2.45, 2.75) is 0 Å². The van der Waals surface area contributed by atoms with Gasteiger partial charge in [-0.2, -0.15) is 5.10 Å². The third-order valence-corrected chi connectivity index (χ3v) is 2.02. The smallest absolute Gasteiger partial charge is 0.341 e. The first-order chi connectivity index (χ1) is 8.58. The van der Waals surface area contributed by atoms with Gasteiger partial charge >= 0.3 is 5.97 Å². The Morgan fingerprint density at radius 2 is 2.00 bits per heavy atom. The summed E-state index contributed by atoms with van der Waals surface area (Å²) in [5.74, 6) is -3.76. The van der Waals surface area contributed by atoms with E-state index in [0.29, 0.717) is 0 Å². The first-order valence-corrected chi connectivity index (χ1v) is 4.76. The fourth-order valence-electron chi connectivity index (χ4n) is 1.21. The van der Waals surface area contributed by atoms with Crippen LogP contribution >= 0.6 is 0 Å². The normalized spacial score (nSPS) is 10.1. The number of benzene rings is 1. The van der Waals surface area contributed by atoms with Crippen LogP contribution in [-0.2, 0) is 0 Å². The van der Waals surface area contributed by atoms with E-state index in [1.165, 1.54) is 12.3 Å². The van der Waals surface area contributed by atoms with E-state index in [2.05, 4.69) is 10.2 Å². The van der Waals surface area contributed by atoms with Gasteiger partial charge in [0.15, 0.2) is 11.6 Å². The van der Waals surface area contributed by atoms with E-state index in [4.69, 9.17) is 9.84 Å². The lowest BCUT2D eigenvalue weighted by atomic mass is 10.3. The average Bonchev–Trinajstić information content (AvgIpc) is 2.34. The minimum absolute atomic E-state index is 0.0723. The van der Waals surface area contributed by atoms with Gasteiger partial charge in [0, 0.05) is 6.07 Å². The molecule has 0 atom stereocenters. The van der Waals surface area contributed by atoms with Crippen LogP contribution < -0.4 is 4.74 Å². The molecule has 0 saturated carbocycles. The molecule has 0 fully saturated rings. The van der Waals surface area contributed by atoms with Gasteiger partial charge in [-0.05, 0) is 18.2 Å². The highest BCUT2D eigenvalue weighted by atomic mass is 19.2. The molecular weight excluding hydrogens is 246 g/mol. The lowest BCUT2D eigenvalue weighted by Gasteiger charge is -2.06. The van der Waals surface area contributed by atoms with Crippen LogP contribution in [0.4, 0.5) is 8.78 Å². The quantitative estimate of drug-likeness (QED) is 0.906. The largest absolute Gasteiger partial charge is 0.477 e. The molecule has 0 unspecified atom stereocenters. The molecular formula is C11H6F2N2O3. The summed E-state index contributed by atoms with van der Waals surface area (Å²) in [4.78, 5) is 10.9. The van der Waals surface area contributed by atoms with E-state index in [1.54, 1.807) is 0 Å². The minimum atomic E-state index is -1.26. The van der Waals surface area contributed by atoms with Crippen molar-refractivity contribution in [3.05, 3.63) is 47.7 Å². The first-order valence-electron chi connectivity index (χ1n) is 4.76. The van der Waals surface area contributed by atoms with E-state index in [1.807, 2.05) is 0 Å². The highest BCUT2D eigenvalue weighted by molar-refractivity contribution is 5.90. The molecule has 1 heterocycles. The summed E-state index contributed by atoms with van der Waals surface area (Å²) < 4.78 is 30.7. The molecule has 1 aromatic carbocycles. The number of carbonyl (C=O) groups is 1. The molecule has 1 aromatic heterocycles. The number of rotatable bonds is 3. The van der Waals surface area contributed by atoms with Gasteiger partial charge < -0.3 is 9.84 Å². The van der Waals surface area contributed by atoms with Crippen molar-refractivity contribution < 1.29 is 23.4 Å². The third kappa shape index (κ3) is 2.40. The zero-order valence-corrected chi connectivity index (χ0v) is 8.80. The molecule has 0 spiro atoms. The Kier molecular flexibility index (Phi) is 3.13. The molecule has 0 saturated heterocycles. The molecule has 2 rings (SSSR count). The highest BCUT2D eigenvalue weighted by Gasteiger charge is 2.14. The number of carboxylic acids is 1. The van der Waals surface area contributed by atoms with Gasteiger partial charge in [-0.15, -0.1) is 5.10 Å². The fourth-order valence-corrected chi connectivity index (χ4v) is 1.21. The Bertz CT molecular complexity index is 605. The summed E-state index contributed by atoms with van der Waals surface area (Å²) in [5.41, 5.74) is -0.227. The van der Waals surface area contributed by atoms with E-state index >= 15 is 0 Å². The van der Waals surface area contributed by atoms with Crippen LogP contribution in [0.2, 0.25) is 0 Å². The molecule has 1 N–H and O–H groups in total. The van der Waals surface area contributed by atoms with Gasteiger partial charge in [-0.3, -0.25) is 0 Å². The molecule has 0 bridgehead atoms. The van der Waals surface area contributed by atoms with Gasteiger partial charge in [-0.1, -0.05) is 0 Å². The summed E-state index contributed by atoms with van der Waals surface area (Å²) in [6.07, 6.45) is 1.18. The van der Waals surface area contributed by atoms with Gasteiger partial charge in [0.25, 0.3) is 5.88 Å². The van der Waals surface area contributed by atoms with Crippen molar-refractivity contribution in [1.82, 2.24) is 10.2 Å². The van der Waals surface area contributed by atoms with Crippen LogP contribution in [0.1, 0.15) is 10.4 Å². The summed E-state index contributed by atoms with van der Waals surface area (Å²) in [5, 5.41) is 15.8. The summed E-state index contributed by atoms with van der Waals surface area (Å²) in [6, 6.07) is 3.99. The predicted molar refractivity (Wildman–Crippen MR) is 55.4 cm³/mol. The molecule has 18 heavy (non-hydrogen) atoms. The second-order valence-electron chi connectivity index (χ2n) is 3.23. The van der Waals surface area contributed by atoms with Crippen molar-refractivity contribution in [2.24, 2.45) is 0 Å². The van der Waals surface area contributed by atoms with Gasteiger partial charge in [0.2, 0.25) is 0 Å². The Morgan fingerprint density at radius 1 is 1.22 bits per heavy atom. The van der Waals surface area contributed by atoms with E-state index in [0.717, 1.165) is 18.2 Å². The number of aromatic carboxylic acids is 1. The fraction of sp³-hybridized carbons (Fsp3) is 0. The summed E-state index contributed by atoms with van der Waals surface area (Å²) in [6.45, 7) is 0. The number of hydrogen-bond donors (Lipinski definition) is 1. The van der Waals surface area contributed by atoms with Gasteiger partial charge in [-0.25, -0.2) is 13.6 Å². The second kappa shape index (κ2) is 4.74. The van der Waals surface area contributed by atoms with Crippen molar-refractivity contribution in [1.29, 1.82) is 0 Å². The van der Waals surface area contributed by atoms with Crippen molar-refractivity contribution in [3.63, 3.8) is 0 Å². The number of hydrogen-bond acceptors (Lipinski definition) is 4. The minimum Gasteiger partial charge on any atom is -0.477 e. The number of halogens is 2. The van der Waals surface area contributed by atoms with E-state index < -0.39 is 17.6 Å². The molecule has 0 aliphatic rings. The lowest BCUT2D eigenvalue weighted by Crippen LogP contribution is -2.03. The average molecular weight is 252 g/mol. The van der Waals surface area contributed by atoms with Crippen LogP contribution in [0.5, 0.6) is 11.6 Å². The SMILES string of the molecule is O=C(O)c1ccnnc1Oc1ccc(F)c(F)c1. The van der Waals surface area contributed by atoms with Crippen molar-refractivity contribution in [2.75, 3.05) is 0 Å². The second-order valence-corrected chi connectivity index (χ2v) is 3.23. The molecule has 92 valence electrons. The van der Waals surface area contributed by atoms with E-state index in [-0.39, 0.29) is 17.2 Å². The molecule has 0 aliphatic carbocycles. The molecule has 0 amide bonds.